The zero-order valence-corrected chi connectivity index (χ0v) is 16.3. The Morgan fingerprint density at radius 1 is 0.967 bits per heavy atom. The van der Waals surface area contributed by atoms with Crippen LogP contribution in [0.2, 0.25) is 0 Å². The second-order valence-corrected chi connectivity index (χ2v) is 6.57. The number of nitrogens with zero attached hydrogens (tertiary/aromatic N) is 2. The van der Waals surface area contributed by atoms with E-state index in [9.17, 15) is 17.6 Å². The van der Waals surface area contributed by atoms with Gasteiger partial charge in [0.2, 0.25) is 5.95 Å². The molecule has 1 atom stereocenters. The fourth-order valence-corrected chi connectivity index (χ4v) is 2.48. The largest absolute Gasteiger partial charge is 0.491 e. The Morgan fingerprint density at radius 3 is 2.17 bits per heavy atom. The Labute approximate surface area is 171 Å². The van der Waals surface area contributed by atoms with Gasteiger partial charge in [-0.1, -0.05) is 6.92 Å². The van der Waals surface area contributed by atoms with Crippen LogP contribution >= 0.6 is 0 Å². The molecule has 0 spiro atoms. The minimum atomic E-state index is -4.66. The minimum Gasteiger partial charge on any atom is -0.491 e. The zero-order valence-electron chi connectivity index (χ0n) is 16.3. The van der Waals surface area contributed by atoms with E-state index in [1.807, 2.05) is 13.8 Å². The van der Waals surface area contributed by atoms with Crippen LogP contribution in [0.25, 0.3) is 0 Å². The summed E-state index contributed by atoms with van der Waals surface area (Å²) in [4.78, 5) is 7.73. The summed E-state index contributed by atoms with van der Waals surface area (Å²) >= 11 is 0. The van der Waals surface area contributed by atoms with Crippen molar-refractivity contribution in [1.82, 2.24) is 9.97 Å². The lowest BCUT2D eigenvalue weighted by Crippen LogP contribution is -2.12. The maximum atomic E-state index is 13.3. The molecule has 0 aliphatic carbocycles. The summed E-state index contributed by atoms with van der Waals surface area (Å²) < 4.78 is 58.8. The number of nitrogens with one attached hydrogen (secondary N) is 2. The van der Waals surface area contributed by atoms with Crippen LogP contribution in [0.15, 0.2) is 54.7 Å². The van der Waals surface area contributed by atoms with Crippen molar-refractivity contribution in [2.45, 2.75) is 32.5 Å². The van der Waals surface area contributed by atoms with Crippen LogP contribution in [-0.2, 0) is 6.18 Å². The number of rotatable bonds is 7. The molecule has 30 heavy (non-hydrogen) atoms. The van der Waals surface area contributed by atoms with Crippen molar-refractivity contribution in [3.05, 3.63) is 66.1 Å². The SMILES string of the molecule is CCC(C)Oc1ccc(Nc2ncc(C(F)(F)F)c(Nc3ccc(F)cc3)n2)cc1. The molecule has 0 amide bonds. The average molecular weight is 420 g/mol. The number of benzene rings is 2. The van der Waals surface area contributed by atoms with Gasteiger partial charge >= 0.3 is 6.18 Å². The smallest absolute Gasteiger partial charge is 0.421 e. The van der Waals surface area contributed by atoms with Gasteiger partial charge in [-0.3, -0.25) is 0 Å². The van der Waals surface area contributed by atoms with Crippen LogP contribution in [0.4, 0.5) is 40.7 Å². The number of anilines is 4. The third-order valence-corrected chi connectivity index (χ3v) is 4.22. The lowest BCUT2D eigenvalue weighted by molar-refractivity contribution is -0.137. The van der Waals surface area contributed by atoms with Gasteiger partial charge in [-0.2, -0.15) is 18.2 Å². The number of hydrogen-bond acceptors (Lipinski definition) is 5. The van der Waals surface area contributed by atoms with E-state index in [0.717, 1.165) is 18.6 Å². The summed E-state index contributed by atoms with van der Waals surface area (Å²) in [6.45, 7) is 3.97. The molecular formula is C21H20F4N4O. The van der Waals surface area contributed by atoms with Crippen LogP contribution in [0.1, 0.15) is 25.8 Å². The highest BCUT2D eigenvalue weighted by Crippen LogP contribution is 2.35. The van der Waals surface area contributed by atoms with Crippen molar-refractivity contribution in [2.75, 3.05) is 10.6 Å². The van der Waals surface area contributed by atoms with E-state index in [1.54, 1.807) is 24.3 Å². The molecular weight excluding hydrogens is 400 g/mol. The molecule has 5 nitrogen and oxygen atoms in total. The fourth-order valence-electron chi connectivity index (χ4n) is 2.48. The fraction of sp³-hybridized carbons (Fsp3) is 0.238. The molecule has 0 aliphatic rings. The van der Waals surface area contributed by atoms with Crippen LogP contribution in [0.5, 0.6) is 5.75 Å². The van der Waals surface area contributed by atoms with Crippen molar-refractivity contribution < 1.29 is 22.3 Å². The first-order chi connectivity index (χ1) is 14.2. The third kappa shape index (κ3) is 5.59. The zero-order chi connectivity index (χ0) is 21.7. The predicted molar refractivity (Wildman–Crippen MR) is 107 cm³/mol. The summed E-state index contributed by atoms with van der Waals surface area (Å²) in [5, 5.41) is 5.44. The van der Waals surface area contributed by atoms with Gasteiger partial charge in [0.25, 0.3) is 0 Å². The van der Waals surface area contributed by atoms with E-state index in [1.165, 1.54) is 12.1 Å². The topological polar surface area (TPSA) is 59.1 Å². The van der Waals surface area contributed by atoms with E-state index in [4.69, 9.17) is 4.74 Å². The Hall–Kier alpha value is -3.36. The molecule has 9 heteroatoms. The molecule has 0 bridgehead atoms. The van der Waals surface area contributed by atoms with E-state index < -0.39 is 23.4 Å². The Balaban J connectivity index is 1.82. The monoisotopic (exact) mass is 420 g/mol. The van der Waals surface area contributed by atoms with Crippen molar-refractivity contribution >= 4 is 23.1 Å². The van der Waals surface area contributed by atoms with Gasteiger partial charge < -0.3 is 15.4 Å². The highest BCUT2D eigenvalue weighted by molar-refractivity contribution is 5.63. The first-order valence-electron chi connectivity index (χ1n) is 9.25. The lowest BCUT2D eigenvalue weighted by atomic mass is 10.2. The number of aromatic nitrogens is 2. The van der Waals surface area contributed by atoms with Crippen LogP contribution in [-0.4, -0.2) is 16.1 Å². The van der Waals surface area contributed by atoms with Gasteiger partial charge in [0.05, 0.1) is 6.10 Å². The van der Waals surface area contributed by atoms with Crippen LogP contribution in [0, 0.1) is 5.82 Å². The molecule has 158 valence electrons. The number of hydrogen-bond donors (Lipinski definition) is 2. The first kappa shape index (κ1) is 21.4. The maximum Gasteiger partial charge on any atom is 0.421 e. The summed E-state index contributed by atoms with van der Waals surface area (Å²) in [5.74, 6) is -0.282. The first-order valence-corrected chi connectivity index (χ1v) is 9.25. The molecule has 0 aliphatic heterocycles. The standard InChI is InChI=1S/C21H20F4N4O/c1-3-13(2)30-17-10-8-16(9-11-17)28-20-26-12-18(21(23,24)25)19(29-20)27-15-6-4-14(22)5-7-15/h4-13H,3H2,1-2H3,(H2,26,27,28,29). The molecule has 0 saturated heterocycles. The van der Waals surface area contributed by atoms with Crippen molar-refractivity contribution in [2.24, 2.45) is 0 Å². The molecule has 0 radical (unpaired) electrons. The molecule has 0 saturated carbocycles. The number of halogens is 4. The molecule has 0 fully saturated rings. The van der Waals surface area contributed by atoms with Crippen molar-refractivity contribution in [1.29, 1.82) is 0 Å². The quantitative estimate of drug-likeness (QED) is 0.440. The maximum absolute atomic E-state index is 13.3. The molecule has 3 rings (SSSR count). The van der Waals surface area contributed by atoms with Crippen molar-refractivity contribution in [3.63, 3.8) is 0 Å². The number of ether oxygens (including phenoxy) is 1. The lowest BCUT2D eigenvalue weighted by Gasteiger charge is -2.15. The van der Waals surface area contributed by atoms with E-state index in [-0.39, 0.29) is 17.7 Å². The predicted octanol–water partition coefficient (Wildman–Crippen LogP) is 6.30. The minimum absolute atomic E-state index is 0.0248. The van der Waals surface area contributed by atoms with E-state index in [2.05, 4.69) is 20.6 Å². The molecule has 2 aromatic carbocycles. The van der Waals surface area contributed by atoms with E-state index >= 15 is 0 Å². The summed E-state index contributed by atoms with van der Waals surface area (Å²) in [7, 11) is 0. The van der Waals surface area contributed by atoms with Gasteiger partial charge in [-0.15, -0.1) is 0 Å². The highest BCUT2D eigenvalue weighted by Gasteiger charge is 2.35. The van der Waals surface area contributed by atoms with Crippen LogP contribution in [0.3, 0.4) is 0 Å². The second kappa shape index (κ2) is 8.98. The van der Waals surface area contributed by atoms with Gasteiger partial charge in [0, 0.05) is 17.6 Å². The molecule has 2 N–H and O–H groups in total. The van der Waals surface area contributed by atoms with Crippen LogP contribution < -0.4 is 15.4 Å². The Morgan fingerprint density at radius 2 is 1.57 bits per heavy atom. The van der Waals surface area contributed by atoms with Gasteiger partial charge in [-0.05, 0) is 61.9 Å². The molecule has 1 unspecified atom stereocenters. The molecule has 3 aromatic rings. The summed E-state index contributed by atoms with van der Waals surface area (Å²) in [6, 6.07) is 11.8. The molecule has 1 aromatic heterocycles. The van der Waals surface area contributed by atoms with Gasteiger partial charge in [-0.25, -0.2) is 9.37 Å². The Bertz CT molecular complexity index is 976. The highest BCUT2D eigenvalue weighted by atomic mass is 19.4. The Kier molecular flexibility index (Phi) is 6.39. The van der Waals surface area contributed by atoms with Gasteiger partial charge in [0.1, 0.15) is 22.9 Å². The normalized spacial score (nSPS) is 12.3. The average Bonchev–Trinajstić information content (AvgIpc) is 2.70. The third-order valence-electron chi connectivity index (χ3n) is 4.22. The summed E-state index contributed by atoms with van der Waals surface area (Å²) in [5.41, 5.74) is -0.188. The second-order valence-electron chi connectivity index (χ2n) is 6.57. The van der Waals surface area contributed by atoms with E-state index in [0.29, 0.717) is 17.6 Å². The molecule has 1 heterocycles. The van der Waals surface area contributed by atoms with Gasteiger partial charge in [0.15, 0.2) is 0 Å². The van der Waals surface area contributed by atoms with Crippen molar-refractivity contribution in [3.8, 4) is 5.75 Å². The number of alkyl halides is 3. The summed E-state index contributed by atoms with van der Waals surface area (Å²) in [6.07, 6.45) is -3.03.